The van der Waals surface area contributed by atoms with Crippen molar-refractivity contribution >= 4 is 0 Å². The number of likely N-dealkylation sites (N-methyl/N-ethyl adjacent to an activating group) is 1. The largest absolute Gasteiger partial charge is 0.308 e. The Kier molecular flexibility index (Phi) is 6.63. The zero-order chi connectivity index (χ0) is 15.3. The van der Waals surface area contributed by atoms with E-state index in [1.54, 1.807) is 13.0 Å². The Morgan fingerprint density at radius 3 is 2.35 bits per heavy atom. The fraction of sp³-hybridized carbons (Fsp3) is 0.647. The minimum absolute atomic E-state index is 0.121. The summed E-state index contributed by atoms with van der Waals surface area (Å²) in [4.78, 5) is 2.20. The molecule has 0 aliphatic carbocycles. The van der Waals surface area contributed by atoms with E-state index in [2.05, 4.69) is 45.1 Å². The number of hydrogen-bond acceptors (Lipinski definition) is 2. The van der Waals surface area contributed by atoms with Gasteiger partial charge < -0.3 is 10.2 Å². The Morgan fingerprint density at radius 1 is 1.20 bits per heavy atom. The maximum Gasteiger partial charge on any atom is 0.126 e. The molecular weight excluding hydrogens is 251 g/mol. The van der Waals surface area contributed by atoms with Gasteiger partial charge in [-0.3, -0.25) is 0 Å². The molecule has 0 fully saturated rings. The molecule has 1 aromatic rings. The van der Waals surface area contributed by atoms with Crippen LogP contribution in [0.3, 0.4) is 0 Å². The Morgan fingerprint density at radius 2 is 1.85 bits per heavy atom. The van der Waals surface area contributed by atoms with Gasteiger partial charge in [-0.15, -0.1) is 0 Å². The zero-order valence-electron chi connectivity index (χ0n) is 13.7. The molecule has 114 valence electrons. The quantitative estimate of drug-likeness (QED) is 0.818. The van der Waals surface area contributed by atoms with E-state index in [-0.39, 0.29) is 11.9 Å². The molecule has 2 atom stereocenters. The van der Waals surface area contributed by atoms with E-state index >= 15 is 0 Å². The second kappa shape index (κ2) is 7.75. The lowest BCUT2D eigenvalue weighted by molar-refractivity contribution is 0.290. The highest BCUT2D eigenvalue weighted by Crippen LogP contribution is 2.18. The molecule has 0 aromatic heterocycles. The third kappa shape index (κ3) is 5.59. The minimum atomic E-state index is -0.121. The predicted molar refractivity (Wildman–Crippen MR) is 84.5 cm³/mol. The van der Waals surface area contributed by atoms with Crippen molar-refractivity contribution in [2.75, 3.05) is 20.6 Å². The van der Waals surface area contributed by atoms with E-state index in [0.717, 1.165) is 18.5 Å². The summed E-state index contributed by atoms with van der Waals surface area (Å²) in [5.74, 6) is 0.526. The summed E-state index contributed by atoms with van der Waals surface area (Å²) < 4.78 is 13.7. The lowest BCUT2D eigenvalue weighted by Crippen LogP contribution is -2.40. The van der Waals surface area contributed by atoms with Gasteiger partial charge >= 0.3 is 0 Å². The summed E-state index contributed by atoms with van der Waals surface area (Å²) in [5, 5.41) is 3.63. The van der Waals surface area contributed by atoms with Crippen LogP contribution in [0.1, 0.15) is 44.4 Å². The first kappa shape index (κ1) is 17.1. The van der Waals surface area contributed by atoms with Crippen LogP contribution in [-0.4, -0.2) is 31.6 Å². The molecule has 0 saturated heterocycles. The second-order valence-electron chi connectivity index (χ2n) is 6.49. The Labute approximate surface area is 123 Å². The average molecular weight is 280 g/mol. The molecule has 2 unspecified atom stereocenters. The SMILES string of the molecule is Cc1ccc(C(C)NC(CC(C)C)CN(C)C)cc1F. The molecule has 0 aliphatic rings. The smallest absolute Gasteiger partial charge is 0.126 e. The van der Waals surface area contributed by atoms with Gasteiger partial charge in [0.15, 0.2) is 0 Å². The highest BCUT2D eigenvalue weighted by Gasteiger charge is 2.16. The summed E-state index contributed by atoms with van der Waals surface area (Å²) in [6, 6.07) is 6.10. The van der Waals surface area contributed by atoms with E-state index in [0.29, 0.717) is 17.5 Å². The van der Waals surface area contributed by atoms with Crippen molar-refractivity contribution in [3.63, 3.8) is 0 Å². The maximum atomic E-state index is 13.7. The van der Waals surface area contributed by atoms with Crippen molar-refractivity contribution in [2.24, 2.45) is 5.92 Å². The summed E-state index contributed by atoms with van der Waals surface area (Å²) in [6.07, 6.45) is 1.12. The number of halogens is 1. The van der Waals surface area contributed by atoms with Crippen LogP contribution in [-0.2, 0) is 0 Å². The predicted octanol–water partition coefficient (Wildman–Crippen LogP) is 3.76. The van der Waals surface area contributed by atoms with Crippen molar-refractivity contribution < 1.29 is 4.39 Å². The van der Waals surface area contributed by atoms with Crippen molar-refractivity contribution in [1.29, 1.82) is 0 Å². The van der Waals surface area contributed by atoms with Crippen LogP contribution in [0, 0.1) is 18.7 Å². The number of nitrogens with one attached hydrogen (secondary N) is 1. The van der Waals surface area contributed by atoms with Gasteiger partial charge in [-0.05, 0) is 57.5 Å². The molecule has 1 aromatic carbocycles. The van der Waals surface area contributed by atoms with Crippen molar-refractivity contribution in [3.8, 4) is 0 Å². The highest BCUT2D eigenvalue weighted by atomic mass is 19.1. The summed E-state index contributed by atoms with van der Waals surface area (Å²) >= 11 is 0. The molecule has 1 rings (SSSR count). The Hall–Kier alpha value is -0.930. The van der Waals surface area contributed by atoms with Crippen LogP contribution in [0.25, 0.3) is 0 Å². The number of nitrogens with zero attached hydrogens (tertiary/aromatic N) is 1. The molecular formula is C17H29FN2. The van der Waals surface area contributed by atoms with Crippen LogP contribution in [0.4, 0.5) is 4.39 Å². The molecule has 0 saturated carbocycles. The van der Waals surface area contributed by atoms with Gasteiger partial charge in [0.2, 0.25) is 0 Å². The number of benzene rings is 1. The minimum Gasteiger partial charge on any atom is -0.308 e. The molecule has 0 heterocycles. The first-order valence-electron chi connectivity index (χ1n) is 7.46. The lowest BCUT2D eigenvalue weighted by atomic mass is 10.0. The van der Waals surface area contributed by atoms with Crippen molar-refractivity contribution in [1.82, 2.24) is 10.2 Å². The Bertz CT molecular complexity index is 405. The van der Waals surface area contributed by atoms with Crippen LogP contribution < -0.4 is 5.32 Å². The normalized spacial score (nSPS) is 14.8. The molecule has 0 bridgehead atoms. The van der Waals surface area contributed by atoms with Crippen LogP contribution in [0.5, 0.6) is 0 Å². The van der Waals surface area contributed by atoms with E-state index < -0.39 is 0 Å². The summed E-state index contributed by atoms with van der Waals surface area (Å²) in [6.45, 7) is 9.37. The molecule has 1 N–H and O–H groups in total. The maximum absolute atomic E-state index is 13.7. The fourth-order valence-corrected chi connectivity index (χ4v) is 2.53. The van der Waals surface area contributed by atoms with E-state index in [4.69, 9.17) is 0 Å². The van der Waals surface area contributed by atoms with E-state index in [1.807, 2.05) is 12.1 Å². The zero-order valence-corrected chi connectivity index (χ0v) is 13.7. The van der Waals surface area contributed by atoms with Crippen LogP contribution in [0.2, 0.25) is 0 Å². The molecule has 0 amide bonds. The molecule has 3 heteroatoms. The van der Waals surface area contributed by atoms with Gasteiger partial charge in [0.1, 0.15) is 5.82 Å². The van der Waals surface area contributed by atoms with Gasteiger partial charge in [-0.2, -0.15) is 0 Å². The molecule has 0 aliphatic heterocycles. The standard InChI is InChI=1S/C17H29FN2/c1-12(2)9-16(11-20(5)6)19-14(4)15-8-7-13(3)17(18)10-15/h7-8,10,12,14,16,19H,9,11H2,1-6H3. The first-order chi connectivity index (χ1) is 9.29. The van der Waals surface area contributed by atoms with Gasteiger partial charge in [0.05, 0.1) is 0 Å². The van der Waals surface area contributed by atoms with Crippen LogP contribution in [0.15, 0.2) is 18.2 Å². The highest BCUT2D eigenvalue weighted by molar-refractivity contribution is 5.25. The number of rotatable bonds is 7. The Balaban J connectivity index is 2.73. The van der Waals surface area contributed by atoms with Crippen molar-refractivity contribution in [2.45, 2.75) is 46.2 Å². The van der Waals surface area contributed by atoms with Gasteiger partial charge in [-0.1, -0.05) is 26.0 Å². The van der Waals surface area contributed by atoms with Gasteiger partial charge in [0.25, 0.3) is 0 Å². The van der Waals surface area contributed by atoms with Crippen LogP contribution >= 0.6 is 0 Å². The third-order valence-electron chi connectivity index (χ3n) is 3.52. The van der Waals surface area contributed by atoms with E-state index in [9.17, 15) is 4.39 Å². The lowest BCUT2D eigenvalue weighted by Gasteiger charge is -2.27. The van der Waals surface area contributed by atoms with Gasteiger partial charge in [-0.25, -0.2) is 4.39 Å². The fourth-order valence-electron chi connectivity index (χ4n) is 2.53. The third-order valence-corrected chi connectivity index (χ3v) is 3.52. The van der Waals surface area contributed by atoms with E-state index in [1.165, 1.54) is 0 Å². The topological polar surface area (TPSA) is 15.3 Å². The monoisotopic (exact) mass is 280 g/mol. The molecule has 20 heavy (non-hydrogen) atoms. The number of hydrogen-bond donors (Lipinski definition) is 1. The molecule has 0 radical (unpaired) electrons. The number of aryl methyl sites for hydroxylation is 1. The van der Waals surface area contributed by atoms with Gasteiger partial charge in [0, 0.05) is 18.6 Å². The second-order valence-corrected chi connectivity index (χ2v) is 6.49. The first-order valence-corrected chi connectivity index (χ1v) is 7.46. The van der Waals surface area contributed by atoms with Crippen molar-refractivity contribution in [3.05, 3.63) is 35.1 Å². The summed E-state index contributed by atoms with van der Waals surface area (Å²) in [5.41, 5.74) is 1.72. The average Bonchev–Trinajstić information content (AvgIpc) is 2.30. The molecule has 2 nitrogen and oxygen atoms in total. The molecule has 0 spiro atoms. The summed E-state index contributed by atoms with van der Waals surface area (Å²) in [7, 11) is 4.18.